The fourth-order valence-electron chi connectivity index (χ4n) is 1.51. The van der Waals surface area contributed by atoms with E-state index in [0.29, 0.717) is 0 Å². The minimum atomic E-state index is -1.24. The summed E-state index contributed by atoms with van der Waals surface area (Å²) >= 11 is 11.6. The fraction of sp³-hybridized carbons (Fsp3) is 0. The number of fused-ring (bicyclic) bond motifs is 1. The Morgan fingerprint density at radius 3 is 2.50 bits per heavy atom. The molecule has 2 aromatic rings. The Bertz CT molecular complexity index is 785. The fourth-order valence-corrected chi connectivity index (χ4v) is 2.09. The monoisotopic (exact) mass is 286 g/mol. The van der Waals surface area contributed by atoms with Gasteiger partial charge >= 0.3 is 0 Å². The molecule has 8 heteroatoms. The Kier molecular flexibility index (Phi) is 3.06. The van der Waals surface area contributed by atoms with Gasteiger partial charge in [-0.3, -0.25) is 9.59 Å². The van der Waals surface area contributed by atoms with Crippen molar-refractivity contribution < 1.29 is 5.11 Å². The second-order valence-corrected chi connectivity index (χ2v) is 4.23. The lowest BCUT2D eigenvalue weighted by atomic mass is 10.2. The maximum absolute atomic E-state index is 11.5. The number of hydrogen-bond donors (Lipinski definition) is 2. The zero-order valence-electron chi connectivity index (χ0n) is 8.53. The maximum Gasteiger partial charge on any atom is 0.298 e. The molecule has 0 saturated heterocycles. The summed E-state index contributed by atoms with van der Waals surface area (Å²) in [6.07, 6.45) is 0. The van der Waals surface area contributed by atoms with Crippen LogP contribution >= 0.6 is 23.2 Å². The third-order valence-corrected chi connectivity index (χ3v) is 2.79. The molecule has 0 fully saturated rings. The van der Waals surface area contributed by atoms with Crippen molar-refractivity contribution in [1.29, 1.82) is 0 Å². The molecular formula is C10H4Cl2N2O4. The lowest BCUT2D eigenvalue weighted by Crippen LogP contribution is -2.22. The largest absolute Gasteiger partial charge is 0.505 e. The van der Waals surface area contributed by atoms with Crippen LogP contribution in [0.15, 0.2) is 26.9 Å². The van der Waals surface area contributed by atoms with Gasteiger partial charge in [-0.1, -0.05) is 23.2 Å². The maximum atomic E-state index is 11.5. The highest BCUT2D eigenvalue weighted by Gasteiger charge is 2.15. The summed E-state index contributed by atoms with van der Waals surface area (Å²) in [5.41, 5.74) is -3.21. The van der Waals surface area contributed by atoms with Gasteiger partial charge in [0.05, 0.1) is 15.9 Å². The van der Waals surface area contributed by atoms with Crippen LogP contribution in [0.5, 0.6) is 5.75 Å². The Morgan fingerprint density at radius 2 is 1.89 bits per heavy atom. The van der Waals surface area contributed by atoms with E-state index in [9.17, 15) is 19.6 Å². The number of aromatic amines is 1. The highest BCUT2D eigenvalue weighted by atomic mass is 35.5. The molecule has 0 aliphatic carbocycles. The molecule has 1 heterocycles. The van der Waals surface area contributed by atoms with Crippen LogP contribution in [0.3, 0.4) is 0 Å². The topological polar surface area (TPSA) is 99.6 Å². The van der Waals surface area contributed by atoms with Crippen LogP contribution in [0.25, 0.3) is 10.9 Å². The van der Waals surface area contributed by atoms with E-state index >= 15 is 0 Å². The highest BCUT2D eigenvalue weighted by Crippen LogP contribution is 2.35. The van der Waals surface area contributed by atoms with E-state index < -0.39 is 22.4 Å². The average Bonchev–Trinajstić information content (AvgIpc) is 2.35. The second-order valence-electron chi connectivity index (χ2n) is 3.38. The molecule has 0 aliphatic rings. The first-order valence-corrected chi connectivity index (χ1v) is 5.33. The van der Waals surface area contributed by atoms with Crippen LogP contribution in [0.2, 0.25) is 10.0 Å². The molecule has 0 aliphatic heterocycles. The molecule has 1 aromatic carbocycles. The van der Waals surface area contributed by atoms with E-state index in [4.69, 9.17) is 23.2 Å². The molecule has 6 nitrogen and oxygen atoms in total. The van der Waals surface area contributed by atoms with Crippen LogP contribution in [0, 0.1) is 4.91 Å². The van der Waals surface area contributed by atoms with Gasteiger partial charge in [0.2, 0.25) is 5.69 Å². The summed E-state index contributed by atoms with van der Waals surface area (Å²) in [7, 11) is 0. The molecule has 0 bridgehead atoms. The van der Waals surface area contributed by atoms with E-state index in [0.717, 1.165) is 0 Å². The molecule has 0 unspecified atom stereocenters. The lowest BCUT2D eigenvalue weighted by Gasteiger charge is -2.00. The van der Waals surface area contributed by atoms with E-state index in [-0.39, 0.29) is 20.9 Å². The van der Waals surface area contributed by atoms with Crippen LogP contribution in [0.1, 0.15) is 0 Å². The van der Waals surface area contributed by atoms with Crippen LogP contribution < -0.4 is 11.0 Å². The number of halogens is 2. The predicted octanol–water partition coefficient (Wildman–Crippen LogP) is 2.30. The first-order chi connectivity index (χ1) is 8.45. The average molecular weight is 287 g/mol. The van der Waals surface area contributed by atoms with Crippen molar-refractivity contribution >= 4 is 39.8 Å². The van der Waals surface area contributed by atoms with Gasteiger partial charge in [0.25, 0.3) is 11.0 Å². The molecule has 18 heavy (non-hydrogen) atoms. The number of nitrogens with zero attached hydrogens (tertiary/aromatic N) is 1. The normalized spacial score (nSPS) is 10.6. The van der Waals surface area contributed by atoms with E-state index in [1.165, 1.54) is 12.1 Å². The highest BCUT2D eigenvalue weighted by molar-refractivity contribution is 6.39. The van der Waals surface area contributed by atoms with E-state index in [1.54, 1.807) is 0 Å². The molecule has 0 atom stereocenters. The minimum absolute atomic E-state index is 0.0221. The molecular weight excluding hydrogens is 283 g/mol. The summed E-state index contributed by atoms with van der Waals surface area (Å²) in [6.45, 7) is 0. The van der Waals surface area contributed by atoms with E-state index in [1.807, 2.05) is 0 Å². The van der Waals surface area contributed by atoms with Crippen molar-refractivity contribution in [3.8, 4) is 5.75 Å². The zero-order chi connectivity index (χ0) is 13.4. The van der Waals surface area contributed by atoms with E-state index in [2.05, 4.69) is 10.2 Å². The molecule has 0 spiro atoms. The van der Waals surface area contributed by atoms with Crippen molar-refractivity contribution in [3.63, 3.8) is 0 Å². The Labute approximate surface area is 109 Å². The number of nitroso groups, excluding NO2 is 1. The number of benzene rings is 1. The van der Waals surface area contributed by atoms with Crippen LogP contribution in [-0.4, -0.2) is 10.1 Å². The number of nitrogens with one attached hydrogen (secondary N) is 1. The molecule has 0 saturated carbocycles. The van der Waals surface area contributed by atoms with Gasteiger partial charge in [-0.15, -0.1) is 4.91 Å². The lowest BCUT2D eigenvalue weighted by molar-refractivity contribution is 0.483. The van der Waals surface area contributed by atoms with Crippen molar-refractivity contribution in [2.24, 2.45) is 5.18 Å². The zero-order valence-corrected chi connectivity index (χ0v) is 10.0. The molecule has 0 amide bonds. The number of H-pyrrole nitrogens is 1. The molecule has 92 valence electrons. The number of rotatable bonds is 1. The van der Waals surface area contributed by atoms with Crippen molar-refractivity contribution in [1.82, 2.24) is 4.98 Å². The first kappa shape index (κ1) is 12.5. The van der Waals surface area contributed by atoms with Gasteiger partial charge in [-0.05, 0) is 17.3 Å². The Balaban J connectivity index is 3.24. The molecule has 1 aromatic heterocycles. The minimum Gasteiger partial charge on any atom is -0.505 e. The second kappa shape index (κ2) is 4.40. The van der Waals surface area contributed by atoms with Gasteiger partial charge in [-0.25, -0.2) is 0 Å². The van der Waals surface area contributed by atoms with Crippen LogP contribution in [0.4, 0.5) is 5.69 Å². The summed E-state index contributed by atoms with van der Waals surface area (Å²) in [5.74, 6) is -0.759. The SMILES string of the molecule is O=Nc1c(O)c2c(Cl)cc(Cl)cc2[nH]c(=O)c1=O. The Morgan fingerprint density at radius 1 is 1.22 bits per heavy atom. The van der Waals surface area contributed by atoms with Crippen molar-refractivity contribution in [2.45, 2.75) is 0 Å². The summed E-state index contributed by atoms with van der Waals surface area (Å²) in [5, 5.41) is 12.3. The summed E-state index contributed by atoms with van der Waals surface area (Å²) in [6, 6.07) is 2.58. The summed E-state index contributed by atoms with van der Waals surface area (Å²) in [4.78, 5) is 35.6. The van der Waals surface area contributed by atoms with Crippen molar-refractivity contribution in [3.05, 3.63) is 47.7 Å². The quantitative estimate of drug-likeness (QED) is 0.620. The third kappa shape index (κ3) is 1.85. The number of aromatic nitrogens is 1. The summed E-state index contributed by atoms with van der Waals surface area (Å²) < 4.78 is 0. The van der Waals surface area contributed by atoms with Gasteiger partial charge in [-0.2, -0.15) is 0 Å². The van der Waals surface area contributed by atoms with Crippen LogP contribution in [-0.2, 0) is 0 Å². The van der Waals surface area contributed by atoms with Gasteiger partial charge in [0, 0.05) is 5.02 Å². The smallest absolute Gasteiger partial charge is 0.298 e. The number of hydrogen-bond acceptors (Lipinski definition) is 5. The Hall–Kier alpha value is -1.92. The van der Waals surface area contributed by atoms with Gasteiger partial charge < -0.3 is 10.1 Å². The van der Waals surface area contributed by atoms with Gasteiger partial charge in [0.1, 0.15) is 0 Å². The number of aromatic hydroxyl groups is 1. The predicted molar refractivity (Wildman–Crippen MR) is 68.0 cm³/mol. The van der Waals surface area contributed by atoms with Gasteiger partial charge in [0.15, 0.2) is 5.75 Å². The first-order valence-electron chi connectivity index (χ1n) is 4.57. The molecule has 0 radical (unpaired) electrons. The molecule has 2 N–H and O–H groups in total. The molecule has 2 rings (SSSR count). The van der Waals surface area contributed by atoms with Crippen molar-refractivity contribution in [2.75, 3.05) is 0 Å². The standard InChI is InChI=1S/C10H4Cl2N2O4/c11-3-1-4(12)6-5(2-3)13-10(17)9(16)7(14-18)8(6)15/h1-2,15H,(H,13,16,17). The third-order valence-electron chi connectivity index (χ3n) is 2.28.